The average molecular weight is 243 g/mol. The molecule has 3 nitrogen and oxygen atoms in total. The minimum Gasteiger partial charge on any atom is -0.479 e. The number of halogens is 1. The Morgan fingerprint density at radius 3 is 2.12 bits per heavy atom. The Kier molecular flexibility index (Phi) is 4.02. The summed E-state index contributed by atoms with van der Waals surface area (Å²) >= 11 is 0. The van der Waals surface area contributed by atoms with Crippen LogP contribution >= 0.6 is 0 Å². The monoisotopic (exact) mass is 243 g/mol. The number of aliphatic carboxylic acids is 1. The third kappa shape index (κ3) is 2.97. The van der Waals surface area contributed by atoms with Crippen molar-refractivity contribution in [3.8, 4) is 0 Å². The summed E-state index contributed by atoms with van der Waals surface area (Å²) < 4.78 is 13.9. The molecule has 0 aromatic rings. The van der Waals surface area contributed by atoms with Crippen LogP contribution in [-0.2, 0) is 4.79 Å². The Bertz CT molecular complexity index is 267. The van der Waals surface area contributed by atoms with E-state index < -0.39 is 11.6 Å². The number of piperidine rings is 1. The molecule has 0 unspecified atom stereocenters. The maximum absolute atomic E-state index is 13.9. The molecule has 0 spiro atoms. The molecule has 0 aromatic heterocycles. The summed E-state index contributed by atoms with van der Waals surface area (Å²) in [5, 5.41) is 8.85. The number of carbonyl (C=O) groups is 1. The van der Waals surface area contributed by atoms with Crippen LogP contribution in [0.3, 0.4) is 0 Å². The first-order valence-electron chi connectivity index (χ1n) is 6.78. The molecule has 17 heavy (non-hydrogen) atoms. The average Bonchev–Trinajstić information content (AvgIpc) is 2.58. The van der Waals surface area contributed by atoms with Gasteiger partial charge in [-0.25, -0.2) is 9.18 Å². The van der Waals surface area contributed by atoms with Crippen molar-refractivity contribution in [3.05, 3.63) is 0 Å². The molecule has 0 aromatic carbocycles. The number of likely N-dealkylation sites (tertiary alicyclic amines) is 1. The molecule has 1 saturated heterocycles. The molecule has 0 amide bonds. The molecule has 1 saturated carbocycles. The van der Waals surface area contributed by atoms with Gasteiger partial charge in [-0.05, 0) is 12.8 Å². The highest BCUT2D eigenvalue weighted by molar-refractivity contribution is 5.77. The van der Waals surface area contributed by atoms with Crippen LogP contribution in [0.2, 0.25) is 0 Å². The number of rotatable bonds is 2. The summed E-state index contributed by atoms with van der Waals surface area (Å²) in [6.45, 7) is 1.21. The smallest absolute Gasteiger partial charge is 0.341 e. The van der Waals surface area contributed by atoms with E-state index in [0.29, 0.717) is 19.1 Å². The fourth-order valence-corrected chi connectivity index (χ4v) is 3.08. The lowest BCUT2D eigenvalue weighted by atomic mass is 9.91. The van der Waals surface area contributed by atoms with Gasteiger partial charge in [-0.15, -0.1) is 0 Å². The largest absolute Gasteiger partial charge is 0.479 e. The second-order valence-corrected chi connectivity index (χ2v) is 5.45. The molecular formula is C13H22FNO2. The van der Waals surface area contributed by atoms with Gasteiger partial charge in [0.05, 0.1) is 0 Å². The minimum atomic E-state index is -1.97. The number of alkyl halides is 1. The minimum absolute atomic E-state index is 0.152. The molecule has 2 rings (SSSR count). The SMILES string of the molecule is O=C(O)C1(F)CCN(C2CCCCCC2)CC1. The Morgan fingerprint density at radius 1 is 1.12 bits per heavy atom. The lowest BCUT2D eigenvalue weighted by molar-refractivity contribution is -0.154. The highest BCUT2D eigenvalue weighted by atomic mass is 19.1. The summed E-state index contributed by atoms with van der Waals surface area (Å²) in [5.74, 6) is -1.28. The van der Waals surface area contributed by atoms with Crippen LogP contribution in [0.25, 0.3) is 0 Å². The van der Waals surface area contributed by atoms with Gasteiger partial charge in [-0.3, -0.25) is 0 Å². The molecule has 2 aliphatic rings. The Hall–Kier alpha value is -0.640. The van der Waals surface area contributed by atoms with Gasteiger partial charge in [0.2, 0.25) is 5.67 Å². The first-order valence-corrected chi connectivity index (χ1v) is 6.78. The molecule has 0 radical (unpaired) electrons. The van der Waals surface area contributed by atoms with Crippen LogP contribution in [-0.4, -0.2) is 40.8 Å². The van der Waals surface area contributed by atoms with Crippen molar-refractivity contribution in [1.82, 2.24) is 4.90 Å². The van der Waals surface area contributed by atoms with Gasteiger partial charge in [-0.2, -0.15) is 0 Å². The number of carboxylic acid groups (broad SMARTS) is 1. The summed E-state index contributed by atoms with van der Waals surface area (Å²) in [6.07, 6.45) is 7.86. The zero-order valence-electron chi connectivity index (χ0n) is 10.3. The fourth-order valence-electron chi connectivity index (χ4n) is 3.08. The van der Waals surface area contributed by atoms with E-state index in [0.717, 1.165) is 0 Å². The van der Waals surface area contributed by atoms with E-state index in [4.69, 9.17) is 5.11 Å². The van der Waals surface area contributed by atoms with Crippen LogP contribution in [0.5, 0.6) is 0 Å². The molecule has 2 fully saturated rings. The van der Waals surface area contributed by atoms with Gasteiger partial charge < -0.3 is 10.0 Å². The van der Waals surface area contributed by atoms with Crippen molar-refractivity contribution in [2.75, 3.05) is 13.1 Å². The van der Waals surface area contributed by atoms with Crippen LogP contribution in [0, 0.1) is 0 Å². The van der Waals surface area contributed by atoms with E-state index in [2.05, 4.69) is 4.90 Å². The Morgan fingerprint density at radius 2 is 1.65 bits per heavy atom. The zero-order valence-corrected chi connectivity index (χ0v) is 10.3. The molecule has 98 valence electrons. The van der Waals surface area contributed by atoms with E-state index in [-0.39, 0.29) is 12.8 Å². The topological polar surface area (TPSA) is 40.5 Å². The second kappa shape index (κ2) is 5.34. The third-order valence-corrected chi connectivity index (χ3v) is 4.31. The van der Waals surface area contributed by atoms with Crippen molar-refractivity contribution in [1.29, 1.82) is 0 Å². The van der Waals surface area contributed by atoms with Gasteiger partial charge in [0, 0.05) is 32.0 Å². The standard InChI is InChI=1S/C13H22FNO2/c14-13(12(16)17)7-9-15(10-8-13)11-5-3-1-2-4-6-11/h11H,1-10H2,(H,16,17). The van der Waals surface area contributed by atoms with Crippen molar-refractivity contribution in [2.45, 2.75) is 63.1 Å². The fraction of sp³-hybridized carbons (Fsp3) is 0.923. The summed E-state index contributed by atoms with van der Waals surface area (Å²) in [5.41, 5.74) is -1.97. The van der Waals surface area contributed by atoms with Crippen LogP contribution in [0.15, 0.2) is 0 Å². The molecule has 4 heteroatoms. The zero-order chi connectivity index (χ0) is 12.3. The molecule has 1 aliphatic heterocycles. The maximum Gasteiger partial charge on any atom is 0.341 e. The number of hydrogen-bond donors (Lipinski definition) is 1. The van der Waals surface area contributed by atoms with Crippen LogP contribution < -0.4 is 0 Å². The molecule has 1 N–H and O–H groups in total. The van der Waals surface area contributed by atoms with Crippen LogP contribution in [0.4, 0.5) is 4.39 Å². The maximum atomic E-state index is 13.9. The summed E-state index contributed by atoms with van der Waals surface area (Å²) in [4.78, 5) is 13.1. The van der Waals surface area contributed by atoms with Gasteiger partial charge in [0.15, 0.2) is 0 Å². The van der Waals surface area contributed by atoms with Gasteiger partial charge >= 0.3 is 5.97 Å². The van der Waals surface area contributed by atoms with Gasteiger partial charge in [0.1, 0.15) is 0 Å². The number of hydrogen-bond acceptors (Lipinski definition) is 2. The van der Waals surface area contributed by atoms with E-state index >= 15 is 0 Å². The van der Waals surface area contributed by atoms with Crippen LogP contribution in [0.1, 0.15) is 51.4 Å². The predicted molar refractivity (Wildman–Crippen MR) is 63.8 cm³/mol. The van der Waals surface area contributed by atoms with Crippen molar-refractivity contribution >= 4 is 5.97 Å². The van der Waals surface area contributed by atoms with Gasteiger partial charge in [0.25, 0.3) is 0 Å². The number of carboxylic acids is 1. The van der Waals surface area contributed by atoms with Crippen molar-refractivity contribution < 1.29 is 14.3 Å². The lowest BCUT2D eigenvalue weighted by Gasteiger charge is -2.38. The molecule has 1 aliphatic carbocycles. The highest BCUT2D eigenvalue weighted by Gasteiger charge is 2.42. The number of nitrogens with zero attached hydrogens (tertiary/aromatic N) is 1. The first-order chi connectivity index (χ1) is 8.12. The third-order valence-electron chi connectivity index (χ3n) is 4.31. The van der Waals surface area contributed by atoms with E-state index in [1.807, 2.05) is 0 Å². The molecule has 0 atom stereocenters. The molecule has 1 heterocycles. The highest BCUT2D eigenvalue weighted by Crippen LogP contribution is 2.30. The van der Waals surface area contributed by atoms with Gasteiger partial charge in [-0.1, -0.05) is 25.7 Å². The Labute approximate surface area is 102 Å². The van der Waals surface area contributed by atoms with E-state index in [1.165, 1.54) is 38.5 Å². The Balaban J connectivity index is 1.87. The second-order valence-electron chi connectivity index (χ2n) is 5.45. The normalized spacial score (nSPS) is 27.6. The van der Waals surface area contributed by atoms with E-state index in [1.54, 1.807) is 0 Å². The van der Waals surface area contributed by atoms with E-state index in [9.17, 15) is 9.18 Å². The lowest BCUT2D eigenvalue weighted by Crippen LogP contribution is -2.49. The van der Waals surface area contributed by atoms with Crippen molar-refractivity contribution in [2.24, 2.45) is 0 Å². The van der Waals surface area contributed by atoms with Crippen molar-refractivity contribution in [3.63, 3.8) is 0 Å². The predicted octanol–water partition coefficient (Wildman–Crippen LogP) is 2.60. The summed E-state index contributed by atoms with van der Waals surface area (Å²) in [6, 6.07) is 0.566. The molecule has 0 bridgehead atoms. The summed E-state index contributed by atoms with van der Waals surface area (Å²) in [7, 11) is 0. The first kappa shape index (κ1) is 12.8. The molecular weight excluding hydrogens is 221 g/mol. The quantitative estimate of drug-likeness (QED) is 0.758.